The summed E-state index contributed by atoms with van der Waals surface area (Å²) in [6, 6.07) is 0.473. The summed E-state index contributed by atoms with van der Waals surface area (Å²) in [5.74, 6) is 1.65. The van der Waals surface area contributed by atoms with Crippen molar-refractivity contribution in [1.82, 2.24) is 15.2 Å². The van der Waals surface area contributed by atoms with Crippen molar-refractivity contribution < 1.29 is 4.42 Å². The zero-order valence-electron chi connectivity index (χ0n) is 10.5. The number of nitrogens with one attached hydrogen (secondary N) is 1. The molecule has 1 atom stereocenters. The molecule has 1 aromatic rings. The number of likely N-dealkylation sites (tertiary alicyclic amines) is 1. The Morgan fingerprint density at radius 3 is 3.06 bits per heavy atom. The van der Waals surface area contributed by atoms with Crippen LogP contribution in [0.1, 0.15) is 36.9 Å². The van der Waals surface area contributed by atoms with E-state index in [4.69, 9.17) is 4.42 Å². The summed E-state index contributed by atoms with van der Waals surface area (Å²) in [4.78, 5) is 7.07. The molecule has 1 unspecified atom stereocenters. The number of oxazole rings is 1. The van der Waals surface area contributed by atoms with Crippen LogP contribution in [-0.4, -0.2) is 36.6 Å². The molecule has 4 heteroatoms. The minimum atomic E-state index is 0.473. The summed E-state index contributed by atoms with van der Waals surface area (Å²) in [5.41, 5.74) is 1.13. The zero-order chi connectivity index (χ0) is 11.7. The number of rotatable bonds is 3. The van der Waals surface area contributed by atoms with Crippen molar-refractivity contribution in [2.24, 2.45) is 5.92 Å². The lowest BCUT2D eigenvalue weighted by Gasteiger charge is -2.30. The van der Waals surface area contributed by atoms with Gasteiger partial charge in [-0.3, -0.25) is 4.90 Å². The van der Waals surface area contributed by atoms with Crippen LogP contribution in [-0.2, 0) is 6.42 Å². The minimum absolute atomic E-state index is 0.473. The van der Waals surface area contributed by atoms with E-state index in [0.717, 1.165) is 37.0 Å². The second-order valence-corrected chi connectivity index (χ2v) is 5.39. The van der Waals surface area contributed by atoms with E-state index in [1.165, 1.54) is 25.8 Å². The Hall–Kier alpha value is -0.870. The van der Waals surface area contributed by atoms with E-state index in [0.29, 0.717) is 6.04 Å². The van der Waals surface area contributed by atoms with Crippen molar-refractivity contribution >= 4 is 0 Å². The Morgan fingerprint density at radius 1 is 1.47 bits per heavy atom. The number of aromatic nitrogens is 1. The maximum atomic E-state index is 5.61. The second-order valence-electron chi connectivity index (χ2n) is 5.39. The fourth-order valence-electron chi connectivity index (χ4n) is 2.76. The van der Waals surface area contributed by atoms with Gasteiger partial charge in [-0.25, -0.2) is 4.98 Å². The lowest BCUT2D eigenvalue weighted by atomic mass is 9.99. The molecule has 2 aliphatic heterocycles. The van der Waals surface area contributed by atoms with Gasteiger partial charge in [0.2, 0.25) is 0 Å². The molecular formula is C13H21N3O. The van der Waals surface area contributed by atoms with Crippen LogP contribution >= 0.6 is 0 Å². The third-order valence-corrected chi connectivity index (χ3v) is 4.01. The standard InChI is InChI=1S/C13H21N3O/c1-16-5-3-2-4-12(16)11-9-17-13(15-11)6-10-7-14-8-10/h9-10,12,14H,2-8H2,1H3. The van der Waals surface area contributed by atoms with E-state index < -0.39 is 0 Å². The molecule has 2 fully saturated rings. The van der Waals surface area contributed by atoms with Crippen molar-refractivity contribution in [3.8, 4) is 0 Å². The fourth-order valence-corrected chi connectivity index (χ4v) is 2.76. The summed E-state index contributed by atoms with van der Waals surface area (Å²) < 4.78 is 5.61. The van der Waals surface area contributed by atoms with Crippen LogP contribution in [0.25, 0.3) is 0 Å². The molecule has 1 aromatic heterocycles. The fraction of sp³-hybridized carbons (Fsp3) is 0.769. The van der Waals surface area contributed by atoms with E-state index in [9.17, 15) is 0 Å². The average Bonchev–Trinajstić information content (AvgIpc) is 2.73. The molecule has 0 bridgehead atoms. The topological polar surface area (TPSA) is 41.3 Å². The Balaban J connectivity index is 1.65. The van der Waals surface area contributed by atoms with Crippen LogP contribution < -0.4 is 5.32 Å². The maximum absolute atomic E-state index is 5.61. The molecule has 3 heterocycles. The van der Waals surface area contributed by atoms with E-state index in [-0.39, 0.29) is 0 Å². The molecule has 17 heavy (non-hydrogen) atoms. The lowest BCUT2D eigenvalue weighted by molar-refractivity contribution is 0.183. The second kappa shape index (κ2) is 4.78. The van der Waals surface area contributed by atoms with E-state index >= 15 is 0 Å². The SMILES string of the molecule is CN1CCCCC1c1coc(CC2CNC2)n1. The van der Waals surface area contributed by atoms with Crippen LogP contribution in [0.15, 0.2) is 10.7 Å². The molecule has 0 spiro atoms. The Labute approximate surface area is 102 Å². The average molecular weight is 235 g/mol. The molecule has 2 saturated heterocycles. The highest BCUT2D eigenvalue weighted by molar-refractivity contribution is 5.05. The molecule has 4 nitrogen and oxygen atoms in total. The molecule has 0 amide bonds. The Bertz CT molecular complexity index is 372. The summed E-state index contributed by atoms with van der Waals surface area (Å²) in [6.07, 6.45) is 6.69. The van der Waals surface area contributed by atoms with Crippen LogP contribution in [0.3, 0.4) is 0 Å². The first kappa shape index (κ1) is 11.2. The first-order valence-electron chi connectivity index (χ1n) is 6.68. The summed E-state index contributed by atoms with van der Waals surface area (Å²) in [5, 5.41) is 3.28. The van der Waals surface area contributed by atoms with E-state index in [1.807, 2.05) is 6.26 Å². The van der Waals surface area contributed by atoms with Crippen molar-refractivity contribution in [2.45, 2.75) is 31.7 Å². The number of hydrogen-bond acceptors (Lipinski definition) is 4. The van der Waals surface area contributed by atoms with Crippen molar-refractivity contribution in [3.05, 3.63) is 17.8 Å². The molecule has 1 N–H and O–H groups in total. The monoisotopic (exact) mass is 235 g/mol. The maximum Gasteiger partial charge on any atom is 0.194 e. The molecule has 2 aliphatic rings. The molecular weight excluding hydrogens is 214 g/mol. The largest absolute Gasteiger partial charge is 0.449 e. The van der Waals surface area contributed by atoms with E-state index in [1.54, 1.807) is 0 Å². The van der Waals surface area contributed by atoms with Crippen LogP contribution in [0.5, 0.6) is 0 Å². The Morgan fingerprint density at radius 2 is 2.35 bits per heavy atom. The normalized spacial score (nSPS) is 27.0. The van der Waals surface area contributed by atoms with Gasteiger partial charge >= 0.3 is 0 Å². The van der Waals surface area contributed by atoms with Gasteiger partial charge in [-0.05, 0) is 45.4 Å². The summed E-state index contributed by atoms with van der Waals surface area (Å²) >= 11 is 0. The van der Waals surface area contributed by atoms with Gasteiger partial charge in [0, 0.05) is 6.42 Å². The predicted octanol–water partition coefficient (Wildman–Crippen LogP) is 1.59. The molecule has 94 valence electrons. The van der Waals surface area contributed by atoms with Gasteiger partial charge in [0.05, 0.1) is 11.7 Å². The van der Waals surface area contributed by atoms with Crippen LogP contribution in [0.4, 0.5) is 0 Å². The third kappa shape index (κ3) is 2.38. The summed E-state index contributed by atoms with van der Waals surface area (Å²) in [6.45, 7) is 3.40. The van der Waals surface area contributed by atoms with Gasteiger partial charge in [-0.2, -0.15) is 0 Å². The summed E-state index contributed by atoms with van der Waals surface area (Å²) in [7, 11) is 2.19. The molecule has 0 aliphatic carbocycles. The molecule has 0 radical (unpaired) electrons. The smallest absolute Gasteiger partial charge is 0.194 e. The zero-order valence-corrected chi connectivity index (χ0v) is 10.5. The first-order valence-corrected chi connectivity index (χ1v) is 6.68. The Kier molecular flexibility index (Phi) is 3.16. The first-order chi connectivity index (χ1) is 8.33. The highest BCUT2D eigenvalue weighted by Gasteiger charge is 2.25. The van der Waals surface area contributed by atoms with Gasteiger partial charge < -0.3 is 9.73 Å². The van der Waals surface area contributed by atoms with Gasteiger partial charge in [0.25, 0.3) is 0 Å². The minimum Gasteiger partial charge on any atom is -0.449 e. The van der Waals surface area contributed by atoms with Crippen LogP contribution in [0, 0.1) is 5.92 Å². The van der Waals surface area contributed by atoms with Crippen molar-refractivity contribution in [3.63, 3.8) is 0 Å². The van der Waals surface area contributed by atoms with Gasteiger partial charge in [0.1, 0.15) is 6.26 Å². The van der Waals surface area contributed by atoms with Gasteiger partial charge in [-0.1, -0.05) is 6.42 Å². The highest BCUT2D eigenvalue weighted by Crippen LogP contribution is 2.29. The highest BCUT2D eigenvalue weighted by atomic mass is 16.3. The number of piperidine rings is 1. The number of hydrogen-bond donors (Lipinski definition) is 1. The predicted molar refractivity (Wildman–Crippen MR) is 65.8 cm³/mol. The molecule has 0 saturated carbocycles. The van der Waals surface area contributed by atoms with Crippen molar-refractivity contribution in [1.29, 1.82) is 0 Å². The number of nitrogens with zero attached hydrogens (tertiary/aromatic N) is 2. The van der Waals surface area contributed by atoms with Gasteiger partial charge in [0.15, 0.2) is 5.89 Å². The third-order valence-electron chi connectivity index (χ3n) is 4.01. The lowest BCUT2D eigenvalue weighted by Crippen LogP contribution is -2.43. The van der Waals surface area contributed by atoms with Crippen molar-refractivity contribution in [2.75, 3.05) is 26.7 Å². The van der Waals surface area contributed by atoms with Crippen LogP contribution in [0.2, 0.25) is 0 Å². The molecule has 0 aromatic carbocycles. The van der Waals surface area contributed by atoms with Gasteiger partial charge in [-0.15, -0.1) is 0 Å². The quantitative estimate of drug-likeness (QED) is 0.864. The van der Waals surface area contributed by atoms with E-state index in [2.05, 4.69) is 22.2 Å². The molecule has 3 rings (SSSR count).